The first kappa shape index (κ1) is 22.2. The summed E-state index contributed by atoms with van der Waals surface area (Å²) >= 11 is 3.89. The van der Waals surface area contributed by atoms with Gasteiger partial charge in [0.2, 0.25) is 0 Å². The van der Waals surface area contributed by atoms with Crippen molar-refractivity contribution in [2.45, 2.75) is 103 Å². The summed E-state index contributed by atoms with van der Waals surface area (Å²) in [7, 11) is 0. The monoisotopic (exact) mass is 493 g/mol. The van der Waals surface area contributed by atoms with Crippen LogP contribution in [0.5, 0.6) is 0 Å². The average molecular weight is 495 g/mol. The molecule has 2 unspecified atom stereocenters. The number of nitrogens with zero attached hydrogens (tertiary/aromatic N) is 1. The first-order valence-corrected chi connectivity index (χ1v) is 12.9. The topological polar surface area (TPSA) is 21.5 Å². The van der Waals surface area contributed by atoms with E-state index in [1.165, 1.54) is 27.6 Å². The Morgan fingerprint density at radius 2 is 1.59 bits per heavy atom. The van der Waals surface area contributed by atoms with Crippen LogP contribution in [0.2, 0.25) is 0 Å². The van der Waals surface area contributed by atoms with Crippen molar-refractivity contribution in [3.8, 4) is 0 Å². The molecule has 2 nitrogen and oxygen atoms in total. The summed E-state index contributed by atoms with van der Waals surface area (Å²) in [6.07, 6.45) is 5.17. The van der Waals surface area contributed by atoms with Gasteiger partial charge < -0.3 is 4.40 Å². The van der Waals surface area contributed by atoms with E-state index >= 15 is 0 Å². The Labute approximate surface area is 200 Å². The molecule has 32 heavy (non-hydrogen) atoms. The molecule has 0 fully saturated rings. The molecule has 2 aromatic heterocycles. The number of rotatable bonds is 2. The molecule has 1 aromatic carbocycles. The number of hydrogen-bond donors (Lipinski definition) is 0. The minimum Gasteiger partial charge on any atom is -0.319 e. The third-order valence-electron chi connectivity index (χ3n) is 9.50. The van der Waals surface area contributed by atoms with Gasteiger partial charge in [-0.3, -0.25) is 4.79 Å². The third-order valence-corrected chi connectivity index (χ3v) is 10.6. The summed E-state index contributed by atoms with van der Waals surface area (Å²) in [4.78, 5) is 14.6. The molecular weight excluding hydrogens is 458 g/mol. The maximum Gasteiger partial charge on any atom is 0.190 e. The summed E-state index contributed by atoms with van der Waals surface area (Å²) in [5.74, 6) is 0. The van der Waals surface area contributed by atoms with Crippen LogP contribution in [0.3, 0.4) is 0 Å². The highest BCUT2D eigenvalue weighted by Crippen LogP contribution is 2.58. The Kier molecular flexibility index (Phi) is 4.36. The maximum atomic E-state index is 14.6. The lowest BCUT2D eigenvalue weighted by Gasteiger charge is -2.51. The molecule has 0 spiro atoms. The molecule has 2 heterocycles. The number of halogens is 1. The zero-order valence-electron chi connectivity index (χ0n) is 21.1. The lowest BCUT2D eigenvalue weighted by molar-refractivity contribution is 0.233. The van der Waals surface area contributed by atoms with E-state index in [1.54, 1.807) is 0 Å². The van der Waals surface area contributed by atoms with Crippen LogP contribution in [0.25, 0.3) is 16.3 Å². The number of pyridine rings is 2. The number of fused-ring (bicyclic) bond motifs is 2. The number of benzene rings is 1. The zero-order valence-corrected chi connectivity index (χ0v) is 22.7. The highest BCUT2D eigenvalue weighted by Gasteiger charge is 2.54. The predicted octanol–water partition coefficient (Wildman–Crippen LogP) is 7.83. The number of aryl methyl sites for hydroxylation is 1. The highest BCUT2D eigenvalue weighted by molar-refractivity contribution is 9.10. The van der Waals surface area contributed by atoms with Crippen LogP contribution in [0.15, 0.2) is 27.6 Å². The molecule has 3 aromatic rings. The Hall–Kier alpha value is -1.61. The Bertz CT molecular complexity index is 1390. The molecular formula is C29H36BrNO. The molecule has 5 rings (SSSR count). The standard InChI is InChI=1S/C29H36BrNO/c1-10-28(8)18-14-16(3)22(30)17-12-13-31-23(19(17)18)20(29(28,9)11-2)24(32)21-25(31)27(6,7)15-26(21,4)5/h12-14H,10-11,15H2,1-9H3. The van der Waals surface area contributed by atoms with Crippen molar-refractivity contribution < 1.29 is 0 Å². The summed E-state index contributed by atoms with van der Waals surface area (Å²) in [6.45, 7) is 20.6. The van der Waals surface area contributed by atoms with Crippen LogP contribution in [0.1, 0.15) is 103 Å². The molecule has 3 heteroatoms. The van der Waals surface area contributed by atoms with E-state index in [0.717, 1.165) is 40.4 Å². The molecule has 0 bridgehead atoms. The minimum absolute atomic E-state index is 0.0505. The van der Waals surface area contributed by atoms with E-state index in [0.29, 0.717) is 5.43 Å². The van der Waals surface area contributed by atoms with Gasteiger partial charge in [-0.2, -0.15) is 0 Å². The summed E-state index contributed by atoms with van der Waals surface area (Å²) in [5, 5.41) is 2.50. The van der Waals surface area contributed by atoms with Crippen LogP contribution < -0.4 is 5.43 Å². The van der Waals surface area contributed by atoms with Gasteiger partial charge in [-0.15, -0.1) is 0 Å². The Morgan fingerprint density at radius 3 is 2.19 bits per heavy atom. The van der Waals surface area contributed by atoms with Gasteiger partial charge in [-0.1, -0.05) is 61.5 Å². The SMILES string of the molecule is CCC1(C)c2cc(C)c(Br)c3ccn4c5c(c(=O)c(c4c23)C1(C)CC)C(C)(C)CC5(C)C. The van der Waals surface area contributed by atoms with Crippen LogP contribution in [0.4, 0.5) is 0 Å². The predicted molar refractivity (Wildman–Crippen MR) is 140 cm³/mol. The maximum absolute atomic E-state index is 14.6. The van der Waals surface area contributed by atoms with Gasteiger partial charge in [0.05, 0.1) is 5.52 Å². The molecule has 170 valence electrons. The van der Waals surface area contributed by atoms with E-state index in [2.05, 4.69) is 101 Å². The molecule has 2 aliphatic rings. The summed E-state index contributed by atoms with van der Waals surface area (Å²) in [6, 6.07) is 4.66. The molecule has 0 N–H and O–H groups in total. The van der Waals surface area contributed by atoms with E-state index in [4.69, 9.17) is 0 Å². The summed E-state index contributed by atoms with van der Waals surface area (Å²) < 4.78 is 3.56. The fourth-order valence-corrected chi connectivity index (χ4v) is 8.15. The molecule has 2 aliphatic carbocycles. The van der Waals surface area contributed by atoms with Crippen LogP contribution in [-0.2, 0) is 21.7 Å². The van der Waals surface area contributed by atoms with Gasteiger partial charge in [0.25, 0.3) is 0 Å². The van der Waals surface area contributed by atoms with Gasteiger partial charge in [0.15, 0.2) is 5.43 Å². The van der Waals surface area contributed by atoms with E-state index in [9.17, 15) is 4.79 Å². The normalized spacial score (nSPS) is 27.4. The molecule has 2 atom stereocenters. The quantitative estimate of drug-likeness (QED) is 0.333. The van der Waals surface area contributed by atoms with Crippen LogP contribution in [0, 0.1) is 6.92 Å². The van der Waals surface area contributed by atoms with Gasteiger partial charge in [0.1, 0.15) is 0 Å². The van der Waals surface area contributed by atoms with Gasteiger partial charge in [0, 0.05) is 49.1 Å². The summed E-state index contributed by atoms with van der Waals surface area (Å²) in [5.41, 5.74) is 6.90. The van der Waals surface area contributed by atoms with E-state index < -0.39 is 0 Å². The van der Waals surface area contributed by atoms with Gasteiger partial charge in [-0.25, -0.2) is 0 Å². The second-order valence-corrected chi connectivity index (χ2v) is 12.9. The van der Waals surface area contributed by atoms with Crippen LogP contribution >= 0.6 is 15.9 Å². The third kappa shape index (κ3) is 2.29. The molecule has 0 radical (unpaired) electrons. The largest absolute Gasteiger partial charge is 0.319 e. The fraction of sp³-hybridized carbons (Fsp3) is 0.552. The first-order valence-electron chi connectivity index (χ1n) is 12.1. The van der Waals surface area contributed by atoms with Crippen molar-refractivity contribution in [1.82, 2.24) is 4.40 Å². The van der Waals surface area contributed by atoms with E-state index in [-0.39, 0.29) is 21.7 Å². The second-order valence-electron chi connectivity index (χ2n) is 12.1. The smallest absolute Gasteiger partial charge is 0.190 e. The van der Waals surface area contributed by atoms with Crippen LogP contribution in [-0.4, -0.2) is 4.40 Å². The Balaban J connectivity index is 2.20. The Morgan fingerprint density at radius 1 is 0.969 bits per heavy atom. The average Bonchev–Trinajstić information content (AvgIpc) is 2.92. The van der Waals surface area contributed by atoms with Crippen molar-refractivity contribution in [2.24, 2.45) is 0 Å². The van der Waals surface area contributed by atoms with Crippen molar-refractivity contribution in [1.29, 1.82) is 0 Å². The van der Waals surface area contributed by atoms with Crippen molar-refractivity contribution >= 4 is 32.2 Å². The van der Waals surface area contributed by atoms with Crippen molar-refractivity contribution in [3.05, 3.63) is 61.0 Å². The molecule has 0 amide bonds. The highest BCUT2D eigenvalue weighted by atomic mass is 79.9. The van der Waals surface area contributed by atoms with Gasteiger partial charge in [-0.05, 0) is 70.1 Å². The number of aromatic nitrogens is 1. The molecule has 0 saturated carbocycles. The van der Waals surface area contributed by atoms with E-state index in [1.807, 2.05) is 0 Å². The number of hydrogen-bond acceptors (Lipinski definition) is 1. The minimum atomic E-state index is -0.233. The fourth-order valence-electron chi connectivity index (χ4n) is 7.70. The van der Waals surface area contributed by atoms with Crippen molar-refractivity contribution in [3.63, 3.8) is 0 Å². The van der Waals surface area contributed by atoms with Crippen molar-refractivity contribution in [2.75, 3.05) is 0 Å². The lowest BCUT2D eigenvalue weighted by atomic mass is 9.53. The zero-order chi connectivity index (χ0) is 23.6. The van der Waals surface area contributed by atoms with Gasteiger partial charge >= 0.3 is 0 Å². The molecule has 0 saturated heterocycles. The lowest BCUT2D eigenvalue weighted by Crippen LogP contribution is -2.50. The molecule has 0 aliphatic heterocycles. The first-order chi connectivity index (χ1) is 14.8. The second kappa shape index (κ2) is 6.29.